The molecule has 0 aliphatic heterocycles. The lowest BCUT2D eigenvalue weighted by atomic mass is 10.0. The average Bonchev–Trinajstić information content (AvgIpc) is 2.48. The quantitative estimate of drug-likeness (QED) is 0.858. The molecule has 0 heterocycles. The van der Waals surface area contributed by atoms with Crippen molar-refractivity contribution < 1.29 is 4.21 Å². The Morgan fingerprint density at radius 2 is 1.85 bits per heavy atom. The summed E-state index contributed by atoms with van der Waals surface area (Å²) in [7, 11) is -1.16. The van der Waals surface area contributed by atoms with Crippen molar-refractivity contribution in [2.75, 3.05) is 5.75 Å². The van der Waals surface area contributed by atoms with Gasteiger partial charge in [0, 0.05) is 10.6 Å². The highest BCUT2D eigenvalue weighted by Crippen LogP contribution is 2.21. The fraction of sp³-hybridized carbons (Fsp3) is 0.235. The van der Waals surface area contributed by atoms with Crippen molar-refractivity contribution >= 4 is 10.8 Å². The molecule has 0 aliphatic rings. The van der Waals surface area contributed by atoms with Crippen LogP contribution in [-0.2, 0) is 10.8 Å². The minimum Gasteiger partial charge on any atom is -0.254 e. The van der Waals surface area contributed by atoms with E-state index in [4.69, 9.17) is 0 Å². The first-order valence-electron chi connectivity index (χ1n) is 6.52. The van der Waals surface area contributed by atoms with Crippen molar-refractivity contribution in [1.82, 2.24) is 0 Å². The number of benzene rings is 2. The van der Waals surface area contributed by atoms with Gasteiger partial charge in [-0.1, -0.05) is 42.5 Å². The summed E-state index contributed by atoms with van der Waals surface area (Å²) in [4.78, 5) is 0.834. The van der Waals surface area contributed by atoms with Crippen LogP contribution >= 0.6 is 0 Å². The molecule has 2 unspecified atom stereocenters. The molecule has 0 radical (unpaired) electrons. The van der Waals surface area contributed by atoms with Gasteiger partial charge >= 0.3 is 0 Å². The molecule has 2 aromatic carbocycles. The average molecular weight is 283 g/mol. The van der Waals surface area contributed by atoms with Gasteiger partial charge in [-0.05, 0) is 36.6 Å². The summed E-state index contributed by atoms with van der Waals surface area (Å²) in [6.45, 7) is 3.94. The Balaban J connectivity index is 2.22. The molecule has 0 saturated carbocycles. The maximum atomic E-state index is 12.5. The lowest BCUT2D eigenvalue weighted by Gasteiger charge is -2.11. The van der Waals surface area contributed by atoms with E-state index in [1.165, 1.54) is 0 Å². The van der Waals surface area contributed by atoms with Gasteiger partial charge in [0.15, 0.2) is 0 Å². The van der Waals surface area contributed by atoms with E-state index in [0.717, 1.165) is 21.6 Å². The molecule has 2 nitrogen and oxygen atoms in total. The van der Waals surface area contributed by atoms with Crippen LogP contribution in [0.4, 0.5) is 0 Å². The molecule has 0 saturated heterocycles. The van der Waals surface area contributed by atoms with Gasteiger partial charge in [-0.3, -0.25) is 4.21 Å². The summed E-state index contributed by atoms with van der Waals surface area (Å²) in [6.07, 6.45) is 0. The maximum Gasteiger partial charge on any atom is 0.0831 e. The second-order valence-electron chi connectivity index (χ2n) is 4.87. The second-order valence-corrected chi connectivity index (χ2v) is 6.34. The molecule has 0 N–H and O–H groups in total. The van der Waals surface area contributed by atoms with Crippen molar-refractivity contribution in [1.29, 1.82) is 5.26 Å². The standard InChI is InChI=1S/C17H17NOS/c1-13-8-9-14(2)17(10-13)20(19)12-16(11-18)15-6-4-3-5-7-15/h3-10,16H,12H2,1-2H3. The Bertz CT molecular complexity index is 658. The summed E-state index contributed by atoms with van der Waals surface area (Å²) in [5, 5.41) is 9.31. The number of nitrogens with zero attached hydrogens (tertiary/aromatic N) is 1. The smallest absolute Gasteiger partial charge is 0.0831 e. The van der Waals surface area contributed by atoms with Crippen LogP contribution in [0.5, 0.6) is 0 Å². The highest BCUT2D eigenvalue weighted by atomic mass is 32.2. The molecule has 20 heavy (non-hydrogen) atoms. The monoisotopic (exact) mass is 283 g/mol. The third-order valence-corrected chi connectivity index (χ3v) is 4.83. The first-order chi connectivity index (χ1) is 9.61. The van der Waals surface area contributed by atoms with Gasteiger partial charge in [0.2, 0.25) is 0 Å². The summed E-state index contributed by atoms with van der Waals surface area (Å²) >= 11 is 0. The first-order valence-corrected chi connectivity index (χ1v) is 7.84. The topological polar surface area (TPSA) is 40.9 Å². The molecule has 2 rings (SSSR count). The largest absolute Gasteiger partial charge is 0.254 e. The molecule has 0 aromatic heterocycles. The van der Waals surface area contributed by atoms with Crippen LogP contribution in [-0.4, -0.2) is 9.96 Å². The number of hydrogen-bond donors (Lipinski definition) is 0. The highest BCUT2D eigenvalue weighted by Gasteiger charge is 2.16. The van der Waals surface area contributed by atoms with Crippen LogP contribution in [0.2, 0.25) is 0 Å². The van der Waals surface area contributed by atoms with Gasteiger partial charge in [0.05, 0.1) is 22.8 Å². The van der Waals surface area contributed by atoms with Crippen molar-refractivity contribution in [2.24, 2.45) is 0 Å². The molecule has 102 valence electrons. The fourth-order valence-electron chi connectivity index (χ4n) is 2.09. The predicted octanol–water partition coefficient (Wildman–Crippen LogP) is 3.72. The Morgan fingerprint density at radius 3 is 2.50 bits per heavy atom. The number of aryl methyl sites for hydroxylation is 2. The molecule has 0 fully saturated rings. The Kier molecular flexibility index (Phi) is 4.70. The van der Waals surface area contributed by atoms with Gasteiger partial charge in [0.1, 0.15) is 0 Å². The van der Waals surface area contributed by atoms with Gasteiger partial charge in [-0.15, -0.1) is 0 Å². The summed E-state index contributed by atoms with van der Waals surface area (Å²) in [5.41, 5.74) is 3.03. The molecule has 2 atom stereocenters. The third-order valence-electron chi connectivity index (χ3n) is 3.26. The molecular weight excluding hydrogens is 266 g/mol. The van der Waals surface area contributed by atoms with Crippen molar-refractivity contribution in [3.63, 3.8) is 0 Å². The molecular formula is C17H17NOS. The lowest BCUT2D eigenvalue weighted by Crippen LogP contribution is -2.09. The molecule has 3 heteroatoms. The van der Waals surface area contributed by atoms with E-state index in [2.05, 4.69) is 6.07 Å². The third kappa shape index (κ3) is 3.34. The van der Waals surface area contributed by atoms with Crippen molar-refractivity contribution in [3.8, 4) is 6.07 Å². The summed E-state index contributed by atoms with van der Waals surface area (Å²) in [5.74, 6) is 0.00194. The Labute approximate surface area is 122 Å². The Morgan fingerprint density at radius 1 is 1.15 bits per heavy atom. The van der Waals surface area contributed by atoms with E-state index in [0.29, 0.717) is 5.75 Å². The minimum absolute atomic E-state index is 0.336. The van der Waals surface area contributed by atoms with Crippen LogP contribution in [0.3, 0.4) is 0 Å². The SMILES string of the molecule is Cc1ccc(C)c(S(=O)CC(C#N)c2ccccc2)c1. The zero-order valence-electron chi connectivity index (χ0n) is 11.7. The Hall–Kier alpha value is -1.92. The van der Waals surface area contributed by atoms with Gasteiger partial charge in [0.25, 0.3) is 0 Å². The number of hydrogen-bond acceptors (Lipinski definition) is 2. The summed E-state index contributed by atoms with van der Waals surface area (Å²) in [6, 6.07) is 17.7. The molecule has 0 bridgehead atoms. The van der Waals surface area contributed by atoms with Crippen LogP contribution < -0.4 is 0 Å². The number of rotatable bonds is 4. The van der Waals surface area contributed by atoms with E-state index < -0.39 is 10.8 Å². The zero-order chi connectivity index (χ0) is 14.5. The first kappa shape index (κ1) is 14.5. The van der Waals surface area contributed by atoms with E-state index in [-0.39, 0.29) is 5.92 Å². The molecule has 0 amide bonds. The van der Waals surface area contributed by atoms with Crippen LogP contribution in [0.15, 0.2) is 53.4 Å². The molecule has 0 aliphatic carbocycles. The predicted molar refractivity (Wildman–Crippen MR) is 82.0 cm³/mol. The van der Waals surface area contributed by atoms with Crippen LogP contribution in [0.25, 0.3) is 0 Å². The summed E-state index contributed by atoms with van der Waals surface area (Å²) < 4.78 is 12.5. The molecule has 0 spiro atoms. The van der Waals surface area contributed by atoms with Crippen molar-refractivity contribution in [2.45, 2.75) is 24.7 Å². The van der Waals surface area contributed by atoms with E-state index in [9.17, 15) is 9.47 Å². The van der Waals surface area contributed by atoms with Gasteiger partial charge in [-0.25, -0.2) is 0 Å². The zero-order valence-corrected chi connectivity index (χ0v) is 12.5. The van der Waals surface area contributed by atoms with E-state index >= 15 is 0 Å². The van der Waals surface area contributed by atoms with E-state index in [1.807, 2.05) is 62.4 Å². The number of nitriles is 1. The van der Waals surface area contributed by atoms with Crippen LogP contribution in [0.1, 0.15) is 22.6 Å². The second kappa shape index (κ2) is 6.49. The van der Waals surface area contributed by atoms with E-state index in [1.54, 1.807) is 0 Å². The van der Waals surface area contributed by atoms with Crippen molar-refractivity contribution in [3.05, 3.63) is 65.2 Å². The lowest BCUT2D eigenvalue weighted by molar-refractivity contribution is 0.680. The minimum atomic E-state index is -1.16. The fourth-order valence-corrected chi connectivity index (χ4v) is 3.58. The highest BCUT2D eigenvalue weighted by molar-refractivity contribution is 7.85. The molecule has 2 aromatic rings. The normalized spacial score (nSPS) is 13.4. The maximum absolute atomic E-state index is 12.5. The van der Waals surface area contributed by atoms with Crippen LogP contribution in [0, 0.1) is 25.2 Å². The van der Waals surface area contributed by atoms with Gasteiger partial charge < -0.3 is 0 Å². The van der Waals surface area contributed by atoms with Gasteiger partial charge in [-0.2, -0.15) is 5.26 Å².